The summed E-state index contributed by atoms with van der Waals surface area (Å²) < 4.78 is 0. The van der Waals surface area contributed by atoms with E-state index in [4.69, 9.17) is 0 Å². The van der Waals surface area contributed by atoms with Crippen LogP contribution in [0.15, 0.2) is 12.4 Å². The van der Waals surface area contributed by atoms with Gasteiger partial charge in [-0.1, -0.05) is 51.9 Å². The van der Waals surface area contributed by atoms with E-state index in [1.165, 1.54) is 51.4 Å². The van der Waals surface area contributed by atoms with E-state index in [0.717, 1.165) is 6.54 Å². The number of carbonyl (C=O) groups is 1. The maximum Gasteiger partial charge on any atom is 0.325 e. The minimum absolute atomic E-state index is 0. The first-order valence-electron chi connectivity index (χ1n) is 8.05. The van der Waals surface area contributed by atoms with E-state index in [1.54, 1.807) is 23.9 Å². The van der Waals surface area contributed by atoms with Crippen LogP contribution in [0.2, 0.25) is 0 Å². The molecule has 0 fully saturated rings. The Kier molecular flexibility index (Phi) is 11.5. The second-order valence-electron chi connectivity index (χ2n) is 5.87. The average Bonchev–Trinajstić information content (AvgIpc) is 2.89. The third-order valence-corrected chi connectivity index (χ3v) is 3.72. The Morgan fingerprint density at radius 3 is 2.14 bits per heavy atom. The van der Waals surface area contributed by atoms with Gasteiger partial charge in [0.1, 0.15) is 0 Å². The lowest BCUT2D eigenvalue weighted by atomic mass is 10.1. The SMILES string of the molecule is Br.CCCCCCCCCCN1C=CN(C(=O)N(C)C)C1. The molecule has 1 heterocycles. The molecular formula is C16H32BrN3O. The van der Waals surface area contributed by atoms with Crippen LogP contribution in [0, 0.1) is 0 Å². The molecule has 0 spiro atoms. The van der Waals surface area contributed by atoms with Gasteiger partial charge < -0.3 is 9.80 Å². The fourth-order valence-corrected chi connectivity index (χ4v) is 2.44. The summed E-state index contributed by atoms with van der Waals surface area (Å²) in [6.45, 7) is 4.02. The smallest absolute Gasteiger partial charge is 0.325 e. The van der Waals surface area contributed by atoms with E-state index in [2.05, 4.69) is 11.8 Å². The van der Waals surface area contributed by atoms with Crippen molar-refractivity contribution in [3.8, 4) is 0 Å². The molecule has 0 aromatic heterocycles. The van der Waals surface area contributed by atoms with Gasteiger partial charge in [-0.15, -0.1) is 17.0 Å². The van der Waals surface area contributed by atoms with Crippen molar-refractivity contribution in [1.29, 1.82) is 0 Å². The molecule has 4 nitrogen and oxygen atoms in total. The summed E-state index contributed by atoms with van der Waals surface area (Å²) in [5, 5.41) is 0. The highest BCUT2D eigenvalue weighted by Gasteiger charge is 2.19. The van der Waals surface area contributed by atoms with Gasteiger partial charge in [0.25, 0.3) is 0 Å². The zero-order valence-electron chi connectivity index (χ0n) is 13.9. The molecule has 1 aliphatic rings. The minimum atomic E-state index is 0. The van der Waals surface area contributed by atoms with E-state index in [-0.39, 0.29) is 23.0 Å². The Labute approximate surface area is 140 Å². The number of unbranched alkanes of at least 4 members (excludes halogenated alkanes) is 7. The van der Waals surface area contributed by atoms with Gasteiger partial charge in [0, 0.05) is 33.0 Å². The van der Waals surface area contributed by atoms with Crippen LogP contribution in [-0.2, 0) is 0 Å². The predicted octanol–water partition coefficient (Wildman–Crippen LogP) is 4.43. The second-order valence-corrected chi connectivity index (χ2v) is 5.87. The third kappa shape index (κ3) is 8.34. The van der Waals surface area contributed by atoms with Crippen LogP contribution < -0.4 is 0 Å². The standard InChI is InChI=1S/C16H31N3O.BrH/c1-4-5-6-7-8-9-10-11-12-18-13-14-19(15-18)16(20)17(2)3;/h13-14H,4-12,15H2,1-3H3;1H. The summed E-state index contributed by atoms with van der Waals surface area (Å²) in [5.74, 6) is 0. The van der Waals surface area contributed by atoms with Crippen molar-refractivity contribution < 1.29 is 4.79 Å². The highest BCUT2D eigenvalue weighted by atomic mass is 79.9. The molecule has 1 aliphatic heterocycles. The van der Waals surface area contributed by atoms with Crippen molar-refractivity contribution in [3.63, 3.8) is 0 Å². The number of hydrogen-bond acceptors (Lipinski definition) is 2. The van der Waals surface area contributed by atoms with Crippen LogP contribution in [0.1, 0.15) is 58.3 Å². The van der Waals surface area contributed by atoms with Crippen molar-refractivity contribution in [2.45, 2.75) is 58.3 Å². The first kappa shape index (κ1) is 20.3. The Morgan fingerprint density at radius 2 is 1.57 bits per heavy atom. The lowest BCUT2D eigenvalue weighted by molar-refractivity contribution is 0.177. The molecule has 21 heavy (non-hydrogen) atoms. The first-order chi connectivity index (χ1) is 9.65. The molecule has 0 unspecified atom stereocenters. The van der Waals surface area contributed by atoms with Crippen LogP contribution in [0.5, 0.6) is 0 Å². The Morgan fingerprint density at radius 1 is 1.00 bits per heavy atom. The molecule has 0 aromatic rings. The number of carbonyl (C=O) groups excluding carboxylic acids is 1. The van der Waals surface area contributed by atoms with Crippen LogP contribution >= 0.6 is 17.0 Å². The number of urea groups is 1. The summed E-state index contributed by atoms with van der Waals surface area (Å²) >= 11 is 0. The lowest BCUT2D eigenvalue weighted by Gasteiger charge is -2.22. The van der Waals surface area contributed by atoms with Crippen molar-refractivity contribution in [2.24, 2.45) is 0 Å². The fourth-order valence-electron chi connectivity index (χ4n) is 2.44. The van der Waals surface area contributed by atoms with Gasteiger partial charge in [0.15, 0.2) is 0 Å². The highest BCUT2D eigenvalue weighted by Crippen LogP contribution is 2.12. The molecule has 1 rings (SSSR count). The molecule has 0 aromatic carbocycles. The van der Waals surface area contributed by atoms with Crippen LogP contribution in [0.25, 0.3) is 0 Å². The van der Waals surface area contributed by atoms with E-state index in [9.17, 15) is 4.79 Å². The van der Waals surface area contributed by atoms with Crippen molar-refractivity contribution in [3.05, 3.63) is 12.4 Å². The summed E-state index contributed by atoms with van der Waals surface area (Å²) in [7, 11) is 3.58. The largest absolute Gasteiger partial charge is 0.358 e. The zero-order chi connectivity index (χ0) is 14.8. The topological polar surface area (TPSA) is 26.8 Å². The Balaban J connectivity index is 0.00000400. The number of halogens is 1. The predicted molar refractivity (Wildman–Crippen MR) is 94.6 cm³/mol. The summed E-state index contributed by atoms with van der Waals surface area (Å²) in [6.07, 6.45) is 14.7. The number of rotatable bonds is 9. The van der Waals surface area contributed by atoms with E-state index in [1.807, 2.05) is 12.4 Å². The van der Waals surface area contributed by atoms with Gasteiger partial charge >= 0.3 is 6.03 Å². The maximum atomic E-state index is 11.8. The van der Waals surface area contributed by atoms with Gasteiger partial charge in [-0.3, -0.25) is 4.90 Å². The van der Waals surface area contributed by atoms with E-state index in [0.29, 0.717) is 6.67 Å². The van der Waals surface area contributed by atoms with Crippen molar-refractivity contribution in [1.82, 2.24) is 14.7 Å². The molecule has 0 atom stereocenters. The van der Waals surface area contributed by atoms with Gasteiger partial charge in [-0.25, -0.2) is 4.79 Å². The van der Waals surface area contributed by atoms with Crippen molar-refractivity contribution >= 4 is 23.0 Å². The third-order valence-electron chi connectivity index (χ3n) is 3.72. The normalized spacial score (nSPS) is 13.5. The first-order valence-corrected chi connectivity index (χ1v) is 8.05. The van der Waals surface area contributed by atoms with Crippen LogP contribution in [-0.4, -0.2) is 48.0 Å². The molecule has 0 bridgehead atoms. The van der Waals surface area contributed by atoms with Gasteiger partial charge in [0.2, 0.25) is 0 Å². The summed E-state index contributed by atoms with van der Waals surface area (Å²) in [4.78, 5) is 17.4. The molecular weight excluding hydrogens is 330 g/mol. The molecule has 2 amide bonds. The fraction of sp³-hybridized carbons (Fsp3) is 0.812. The monoisotopic (exact) mass is 361 g/mol. The molecule has 0 N–H and O–H groups in total. The Bertz CT molecular complexity index is 308. The van der Waals surface area contributed by atoms with Gasteiger partial charge in [0.05, 0.1) is 6.67 Å². The maximum absolute atomic E-state index is 11.8. The molecule has 5 heteroatoms. The summed E-state index contributed by atoms with van der Waals surface area (Å²) in [5.41, 5.74) is 0. The number of amides is 2. The van der Waals surface area contributed by atoms with Gasteiger partial charge in [-0.05, 0) is 6.42 Å². The second kappa shape index (κ2) is 11.9. The molecule has 124 valence electrons. The Hall–Kier alpha value is -0.710. The molecule has 0 radical (unpaired) electrons. The van der Waals surface area contributed by atoms with E-state index >= 15 is 0 Å². The summed E-state index contributed by atoms with van der Waals surface area (Å²) in [6, 6.07) is 0.0553. The average molecular weight is 362 g/mol. The van der Waals surface area contributed by atoms with E-state index < -0.39 is 0 Å². The lowest BCUT2D eigenvalue weighted by Crippen LogP contribution is -2.37. The highest BCUT2D eigenvalue weighted by molar-refractivity contribution is 8.93. The van der Waals surface area contributed by atoms with Crippen LogP contribution in [0.3, 0.4) is 0 Å². The van der Waals surface area contributed by atoms with Crippen LogP contribution in [0.4, 0.5) is 4.79 Å². The van der Waals surface area contributed by atoms with Gasteiger partial charge in [-0.2, -0.15) is 0 Å². The molecule has 0 saturated carbocycles. The zero-order valence-corrected chi connectivity index (χ0v) is 15.6. The van der Waals surface area contributed by atoms with Crippen molar-refractivity contribution in [2.75, 3.05) is 27.3 Å². The molecule has 0 saturated heterocycles. The number of hydrogen-bond donors (Lipinski definition) is 0. The molecule has 0 aliphatic carbocycles. The minimum Gasteiger partial charge on any atom is -0.358 e. The quantitative estimate of drug-likeness (QED) is 0.567. The number of nitrogens with zero attached hydrogens (tertiary/aromatic N) is 3.